The van der Waals surface area contributed by atoms with Crippen molar-refractivity contribution < 1.29 is 9.59 Å². The van der Waals surface area contributed by atoms with Crippen molar-refractivity contribution >= 4 is 12.3 Å². The third-order valence-electron chi connectivity index (χ3n) is 2.70. The first kappa shape index (κ1) is 15.1. The monoisotopic (exact) mass is 226 g/mol. The van der Waals surface area contributed by atoms with E-state index in [0.29, 0.717) is 6.42 Å². The van der Waals surface area contributed by atoms with Gasteiger partial charge in [-0.15, -0.1) is 0 Å². The topological polar surface area (TPSA) is 46.2 Å². The molecule has 0 aromatic carbocycles. The van der Waals surface area contributed by atoms with Gasteiger partial charge in [-0.1, -0.05) is 58.3 Å². The molecular formula is C13H24NO2. The molecule has 0 aliphatic rings. The molecule has 16 heavy (non-hydrogen) atoms. The second kappa shape index (κ2) is 12.2. The van der Waals surface area contributed by atoms with Crippen molar-refractivity contribution in [3.8, 4) is 0 Å². The Hall–Kier alpha value is -0.860. The van der Waals surface area contributed by atoms with Gasteiger partial charge in [-0.25, -0.2) is 0 Å². The van der Waals surface area contributed by atoms with Crippen LogP contribution >= 0.6 is 0 Å². The highest BCUT2D eigenvalue weighted by molar-refractivity contribution is 5.85. The molecule has 2 amide bonds. The van der Waals surface area contributed by atoms with Crippen molar-refractivity contribution in [1.82, 2.24) is 5.32 Å². The van der Waals surface area contributed by atoms with Gasteiger partial charge in [0, 0.05) is 6.42 Å². The smallest absolute Gasteiger partial charge is 0.288 e. The van der Waals surface area contributed by atoms with Crippen LogP contribution < -0.4 is 5.32 Å². The molecule has 1 radical (unpaired) electrons. The highest BCUT2D eigenvalue weighted by Crippen LogP contribution is 2.10. The van der Waals surface area contributed by atoms with Gasteiger partial charge >= 0.3 is 6.41 Å². The van der Waals surface area contributed by atoms with E-state index < -0.39 is 0 Å². The summed E-state index contributed by atoms with van der Waals surface area (Å²) in [5, 5.41) is 2.03. The molecule has 0 saturated carbocycles. The summed E-state index contributed by atoms with van der Waals surface area (Å²) in [5.41, 5.74) is 0. The number of hydrogen-bond donors (Lipinski definition) is 1. The molecule has 0 aromatic rings. The highest BCUT2D eigenvalue weighted by Gasteiger charge is 1.99. The number of carbonyl (C=O) groups excluding carboxylic acids is 2. The van der Waals surface area contributed by atoms with Crippen molar-refractivity contribution in [1.29, 1.82) is 0 Å². The molecule has 0 saturated heterocycles. The van der Waals surface area contributed by atoms with Gasteiger partial charge in [0.2, 0.25) is 5.91 Å². The lowest BCUT2D eigenvalue weighted by Crippen LogP contribution is -2.20. The van der Waals surface area contributed by atoms with E-state index in [1.807, 2.05) is 5.32 Å². The zero-order valence-electron chi connectivity index (χ0n) is 10.4. The molecule has 3 nitrogen and oxygen atoms in total. The van der Waals surface area contributed by atoms with E-state index in [1.54, 1.807) is 0 Å². The lowest BCUT2D eigenvalue weighted by Gasteiger charge is -2.01. The Bertz CT molecular complexity index is 181. The van der Waals surface area contributed by atoms with E-state index in [-0.39, 0.29) is 5.91 Å². The maximum atomic E-state index is 10.9. The van der Waals surface area contributed by atoms with Gasteiger partial charge in [0.1, 0.15) is 0 Å². The second-order valence-corrected chi connectivity index (χ2v) is 4.23. The molecule has 0 unspecified atom stereocenters. The van der Waals surface area contributed by atoms with Crippen LogP contribution in [0.25, 0.3) is 0 Å². The van der Waals surface area contributed by atoms with Crippen LogP contribution in [0.15, 0.2) is 0 Å². The van der Waals surface area contributed by atoms with Crippen LogP contribution in [-0.2, 0) is 9.59 Å². The molecule has 3 heteroatoms. The standard InChI is InChI=1S/C13H24NO2/c1-2-3-4-5-6-7-8-9-10-11-13(16)14-12-15/h2-11H2,1H3,(H,14,15,16). The third kappa shape index (κ3) is 11.2. The summed E-state index contributed by atoms with van der Waals surface area (Å²) in [6.45, 7) is 2.22. The summed E-state index contributed by atoms with van der Waals surface area (Å²) >= 11 is 0. The minimum atomic E-state index is -0.210. The lowest BCUT2D eigenvalue weighted by molar-refractivity contribution is -0.119. The second-order valence-electron chi connectivity index (χ2n) is 4.23. The maximum absolute atomic E-state index is 10.9. The fourth-order valence-electron chi connectivity index (χ4n) is 1.72. The molecule has 0 aliphatic heterocycles. The first-order valence-electron chi connectivity index (χ1n) is 6.47. The SMILES string of the molecule is CCCCCCCCCCCC(=O)N[C]=O. The molecule has 0 heterocycles. The molecule has 1 N–H and O–H groups in total. The van der Waals surface area contributed by atoms with Crippen LogP contribution in [0.1, 0.15) is 71.1 Å². The molecule has 93 valence electrons. The summed E-state index contributed by atoms with van der Waals surface area (Å²) in [7, 11) is 0. The summed E-state index contributed by atoms with van der Waals surface area (Å²) in [6.07, 6.45) is 12.9. The van der Waals surface area contributed by atoms with E-state index in [2.05, 4.69) is 6.92 Å². The number of rotatable bonds is 11. The molecule has 0 spiro atoms. The van der Waals surface area contributed by atoms with Crippen molar-refractivity contribution in [3.63, 3.8) is 0 Å². The Morgan fingerprint density at radius 3 is 1.94 bits per heavy atom. The van der Waals surface area contributed by atoms with Crippen molar-refractivity contribution in [2.24, 2.45) is 0 Å². The zero-order chi connectivity index (χ0) is 12.1. The average Bonchev–Trinajstić information content (AvgIpc) is 2.27. The predicted molar refractivity (Wildman–Crippen MR) is 65.7 cm³/mol. The maximum Gasteiger partial charge on any atom is 0.316 e. The van der Waals surface area contributed by atoms with Gasteiger partial charge in [0.25, 0.3) is 0 Å². The van der Waals surface area contributed by atoms with E-state index >= 15 is 0 Å². The molecule has 0 atom stereocenters. The Balaban J connectivity index is 3.03. The van der Waals surface area contributed by atoms with Gasteiger partial charge in [0.05, 0.1) is 0 Å². The van der Waals surface area contributed by atoms with Gasteiger partial charge < -0.3 is 0 Å². The van der Waals surface area contributed by atoms with E-state index in [4.69, 9.17) is 0 Å². The molecule has 0 bridgehead atoms. The fourth-order valence-corrected chi connectivity index (χ4v) is 1.72. The molecule has 0 fully saturated rings. The van der Waals surface area contributed by atoms with E-state index in [0.717, 1.165) is 12.8 Å². The highest BCUT2D eigenvalue weighted by atomic mass is 16.2. The molecular weight excluding hydrogens is 202 g/mol. The Labute approximate surface area is 99.0 Å². The Morgan fingerprint density at radius 1 is 0.938 bits per heavy atom. The number of carbonyl (C=O) groups is 1. The average molecular weight is 226 g/mol. The van der Waals surface area contributed by atoms with Gasteiger partial charge in [0.15, 0.2) is 0 Å². The van der Waals surface area contributed by atoms with Gasteiger partial charge in [-0.3, -0.25) is 14.9 Å². The normalized spacial score (nSPS) is 10.1. The van der Waals surface area contributed by atoms with Crippen LogP contribution in [0.5, 0.6) is 0 Å². The minimum Gasteiger partial charge on any atom is -0.288 e. The number of unbranched alkanes of at least 4 members (excludes halogenated alkanes) is 8. The Kier molecular flexibility index (Phi) is 11.6. The summed E-state index contributed by atoms with van der Waals surface area (Å²) in [5.74, 6) is -0.210. The number of amides is 2. The molecule has 0 aliphatic carbocycles. The number of hydrogen-bond acceptors (Lipinski definition) is 2. The predicted octanol–water partition coefficient (Wildman–Crippen LogP) is 3.09. The fraction of sp³-hybridized carbons (Fsp3) is 0.846. The first-order valence-corrected chi connectivity index (χ1v) is 6.47. The summed E-state index contributed by atoms with van der Waals surface area (Å²) < 4.78 is 0. The van der Waals surface area contributed by atoms with Gasteiger partial charge in [-0.2, -0.15) is 0 Å². The van der Waals surface area contributed by atoms with Crippen LogP contribution in [0.3, 0.4) is 0 Å². The quantitative estimate of drug-likeness (QED) is 0.434. The van der Waals surface area contributed by atoms with Crippen LogP contribution in [0, 0.1) is 0 Å². The van der Waals surface area contributed by atoms with Crippen LogP contribution in [-0.4, -0.2) is 12.3 Å². The minimum absolute atomic E-state index is 0.210. The lowest BCUT2D eigenvalue weighted by atomic mass is 10.1. The number of nitrogens with one attached hydrogen (secondary N) is 1. The van der Waals surface area contributed by atoms with Gasteiger partial charge in [-0.05, 0) is 6.42 Å². The summed E-state index contributed by atoms with van der Waals surface area (Å²) in [4.78, 5) is 20.7. The largest absolute Gasteiger partial charge is 0.316 e. The zero-order valence-corrected chi connectivity index (χ0v) is 10.4. The number of imide groups is 1. The Morgan fingerprint density at radius 2 is 1.44 bits per heavy atom. The van der Waals surface area contributed by atoms with E-state index in [1.165, 1.54) is 51.4 Å². The first-order chi connectivity index (χ1) is 7.81. The molecule has 0 aromatic heterocycles. The van der Waals surface area contributed by atoms with Crippen molar-refractivity contribution in [2.75, 3.05) is 0 Å². The van der Waals surface area contributed by atoms with E-state index in [9.17, 15) is 9.59 Å². The molecule has 0 rings (SSSR count). The van der Waals surface area contributed by atoms with Crippen LogP contribution in [0.4, 0.5) is 0 Å². The van der Waals surface area contributed by atoms with Crippen molar-refractivity contribution in [2.45, 2.75) is 71.1 Å². The van der Waals surface area contributed by atoms with Crippen LogP contribution in [0.2, 0.25) is 0 Å². The summed E-state index contributed by atoms with van der Waals surface area (Å²) in [6, 6.07) is 0. The third-order valence-corrected chi connectivity index (χ3v) is 2.70. The van der Waals surface area contributed by atoms with Crippen molar-refractivity contribution in [3.05, 3.63) is 0 Å².